The number of hydrogen-bond donors (Lipinski definition) is 1. The van der Waals surface area contributed by atoms with Gasteiger partial charge in [0.25, 0.3) is 5.56 Å². The van der Waals surface area contributed by atoms with Crippen LogP contribution in [0.15, 0.2) is 50.7 Å². The lowest BCUT2D eigenvalue weighted by Gasteiger charge is -2.23. The molecule has 0 saturated carbocycles. The molecule has 178 valence electrons. The number of thiophene rings is 1. The second kappa shape index (κ2) is 8.94. The molecule has 0 amide bonds. The highest BCUT2D eigenvalue weighted by Gasteiger charge is 2.35. The summed E-state index contributed by atoms with van der Waals surface area (Å²) in [6.07, 6.45) is 3.38. The molecule has 1 aromatic carbocycles. The Hall–Kier alpha value is -3.66. The number of aliphatic carboxylic acids is 1. The van der Waals surface area contributed by atoms with Crippen LogP contribution >= 0.6 is 11.3 Å². The van der Waals surface area contributed by atoms with Gasteiger partial charge in [-0.25, -0.2) is 19.1 Å². The molecule has 0 fully saturated rings. The number of oxazole rings is 1. The van der Waals surface area contributed by atoms with Crippen molar-refractivity contribution in [2.24, 2.45) is 0 Å². The molecular formula is C24H25N3O6S. The van der Waals surface area contributed by atoms with E-state index in [9.17, 15) is 19.5 Å². The maximum Gasteiger partial charge on any atom is 0.333 e. The summed E-state index contributed by atoms with van der Waals surface area (Å²) in [7, 11) is 0. The first-order valence-electron chi connectivity index (χ1n) is 10.8. The molecule has 0 unspecified atom stereocenters. The number of carboxylic acid groups (broad SMARTS) is 1. The Kier molecular flexibility index (Phi) is 6.18. The van der Waals surface area contributed by atoms with Crippen molar-refractivity contribution in [3.8, 4) is 16.5 Å². The van der Waals surface area contributed by atoms with Gasteiger partial charge < -0.3 is 14.3 Å². The number of aromatic nitrogens is 3. The highest BCUT2D eigenvalue weighted by atomic mass is 32.1. The zero-order valence-corrected chi connectivity index (χ0v) is 20.1. The summed E-state index contributed by atoms with van der Waals surface area (Å²) in [6.45, 7) is 7.05. The molecule has 3 heterocycles. The lowest BCUT2D eigenvalue weighted by Crippen LogP contribution is -2.52. The van der Waals surface area contributed by atoms with Gasteiger partial charge in [-0.1, -0.05) is 18.2 Å². The Bertz CT molecular complexity index is 1480. The van der Waals surface area contributed by atoms with Crippen LogP contribution in [0.4, 0.5) is 0 Å². The summed E-state index contributed by atoms with van der Waals surface area (Å²) in [4.78, 5) is 44.3. The summed E-state index contributed by atoms with van der Waals surface area (Å²) in [5, 5.41) is 10.1. The van der Waals surface area contributed by atoms with Crippen molar-refractivity contribution < 1.29 is 19.1 Å². The number of benzene rings is 1. The summed E-state index contributed by atoms with van der Waals surface area (Å²) >= 11 is 1.23. The number of carbonyl (C=O) groups is 1. The fraction of sp³-hybridized carbons (Fsp3) is 0.333. The molecule has 4 rings (SSSR count). The van der Waals surface area contributed by atoms with E-state index in [0.717, 1.165) is 15.9 Å². The van der Waals surface area contributed by atoms with Crippen LogP contribution < -0.4 is 16.0 Å². The second-order valence-electron chi connectivity index (χ2n) is 8.30. The summed E-state index contributed by atoms with van der Waals surface area (Å²) in [6, 6.07) is 7.55. The topological polar surface area (TPSA) is 117 Å². The SMILES string of the molecule is CCOc1ccccc1CCn1c(=O)n(C(C)(C)C(=O)O)c(=O)c2c(C)c(-c3ncco3)sc21. The third-order valence-corrected chi connectivity index (χ3v) is 7.10. The quantitative estimate of drug-likeness (QED) is 0.407. The zero-order chi connectivity index (χ0) is 24.6. The predicted octanol–water partition coefficient (Wildman–Crippen LogP) is 3.65. The van der Waals surface area contributed by atoms with Gasteiger partial charge in [-0.2, -0.15) is 0 Å². The molecule has 4 aromatic rings. The van der Waals surface area contributed by atoms with Crippen LogP contribution in [0.25, 0.3) is 21.0 Å². The number of hydrogen-bond acceptors (Lipinski definition) is 7. The predicted molar refractivity (Wildman–Crippen MR) is 129 cm³/mol. The van der Waals surface area contributed by atoms with E-state index in [0.29, 0.717) is 34.2 Å². The molecule has 0 aliphatic rings. The van der Waals surface area contributed by atoms with Gasteiger partial charge in [-0.05, 0) is 51.3 Å². The van der Waals surface area contributed by atoms with Crippen LogP contribution in [0.5, 0.6) is 5.75 Å². The lowest BCUT2D eigenvalue weighted by atomic mass is 10.1. The van der Waals surface area contributed by atoms with Gasteiger partial charge in [-0.3, -0.25) is 9.36 Å². The van der Waals surface area contributed by atoms with Crippen LogP contribution in [-0.2, 0) is 23.3 Å². The maximum atomic E-state index is 13.6. The average Bonchev–Trinajstić information content (AvgIpc) is 3.43. The molecule has 0 bridgehead atoms. The first-order valence-corrected chi connectivity index (χ1v) is 11.6. The highest BCUT2D eigenvalue weighted by molar-refractivity contribution is 7.22. The first kappa shape index (κ1) is 23.5. The van der Waals surface area contributed by atoms with Gasteiger partial charge in [0.2, 0.25) is 5.89 Å². The van der Waals surface area contributed by atoms with Gasteiger partial charge in [-0.15, -0.1) is 11.3 Å². The second-order valence-corrected chi connectivity index (χ2v) is 9.30. The molecular weight excluding hydrogens is 458 g/mol. The van der Waals surface area contributed by atoms with E-state index in [1.54, 1.807) is 6.92 Å². The molecule has 9 nitrogen and oxygen atoms in total. The van der Waals surface area contributed by atoms with E-state index >= 15 is 0 Å². The zero-order valence-electron chi connectivity index (χ0n) is 19.3. The number of aryl methyl sites for hydroxylation is 3. The Morgan fingerprint density at radius 3 is 2.65 bits per heavy atom. The molecule has 0 spiro atoms. The Morgan fingerprint density at radius 2 is 2.00 bits per heavy atom. The van der Waals surface area contributed by atoms with Crippen molar-refractivity contribution >= 4 is 27.5 Å². The van der Waals surface area contributed by atoms with Crippen molar-refractivity contribution in [2.75, 3.05) is 6.61 Å². The molecule has 3 aromatic heterocycles. The summed E-state index contributed by atoms with van der Waals surface area (Å²) in [5.74, 6) is -0.223. The van der Waals surface area contributed by atoms with E-state index in [1.807, 2.05) is 31.2 Å². The van der Waals surface area contributed by atoms with Crippen molar-refractivity contribution in [2.45, 2.75) is 46.2 Å². The molecule has 0 saturated heterocycles. The smallest absolute Gasteiger partial charge is 0.333 e. The maximum absolute atomic E-state index is 13.6. The summed E-state index contributed by atoms with van der Waals surface area (Å²) in [5.41, 5.74) is -1.58. The largest absolute Gasteiger partial charge is 0.494 e. The van der Waals surface area contributed by atoms with E-state index in [1.165, 1.54) is 42.2 Å². The molecule has 0 aliphatic heterocycles. The number of carboxylic acids is 1. The minimum Gasteiger partial charge on any atom is -0.494 e. The highest BCUT2D eigenvalue weighted by Crippen LogP contribution is 2.36. The average molecular weight is 484 g/mol. The number of fused-ring (bicyclic) bond motifs is 1. The first-order chi connectivity index (χ1) is 16.2. The van der Waals surface area contributed by atoms with Gasteiger partial charge >= 0.3 is 11.7 Å². The van der Waals surface area contributed by atoms with Gasteiger partial charge in [0.1, 0.15) is 22.4 Å². The van der Waals surface area contributed by atoms with Gasteiger partial charge in [0.05, 0.1) is 23.1 Å². The molecule has 1 N–H and O–H groups in total. The van der Waals surface area contributed by atoms with Crippen molar-refractivity contribution in [1.82, 2.24) is 14.1 Å². The Morgan fingerprint density at radius 1 is 1.26 bits per heavy atom. The number of nitrogens with zero attached hydrogens (tertiary/aromatic N) is 3. The van der Waals surface area contributed by atoms with Crippen LogP contribution in [-0.4, -0.2) is 31.8 Å². The lowest BCUT2D eigenvalue weighted by molar-refractivity contribution is -0.146. The Balaban J connectivity index is 1.96. The van der Waals surface area contributed by atoms with Gasteiger partial charge in [0.15, 0.2) is 0 Å². The minimum atomic E-state index is -1.75. The van der Waals surface area contributed by atoms with E-state index in [4.69, 9.17) is 9.15 Å². The number of para-hydroxylation sites is 1. The van der Waals surface area contributed by atoms with E-state index in [2.05, 4.69) is 4.98 Å². The van der Waals surface area contributed by atoms with Crippen LogP contribution in [0, 0.1) is 6.92 Å². The van der Waals surface area contributed by atoms with E-state index < -0.39 is 22.8 Å². The fourth-order valence-electron chi connectivity index (χ4n) is 3.91. The molecule has 0 aliphatic carbocycles. The van der Waals surface area contributed by atoms with Gasteiger partial charge in [0, 0.05) is 6.54 Å². The van der Waals surface area contributed by atoms with Crippen molar-refractivity contribution in [3.63, 3.8) is 0 Å². The number of rotatable bonds is 8. The standard InChI is InChI=1S/C24H25N3O6S/c1-5-32-16-9-7-6-8-15(16)10-12-26-21-17(14(2)18(34-21)19-25-11-13-33-19)20(28)27(23(26)31)24(3,4)22(29)30/h6-9,11,13H,5,10,12H2,1-4H3,(H,29,30). The molecule has 0 atom stereocenters. The van der Waals surface area contributed by atoms with Crippen molar-refractivity contribution in [1.29, 1.82) is 0 Å². The van der Waals surface area contributed by atoms with Crippen LogP contribution in [0.2, 0.25) is 0 Å². The number of ether oxygens (including phenoxy) is 1. The molecule has 0 radical (unpaired) electrons. The Labute approximate surface area is 198 Å². The minimum absolute atomic E-state index is 0.223. The fourth-order valence-corrected chi connectivity index (χ4v) is 5.17. The van der Waals surface area contributed by atoms with Crippen molar-refractivity contribution in [3.05, 3.63) is 68.7 Å². The molecule has 10 heteroatoms. The van der Waals surface area contributed by atoms with Crippen LogP contribution in [0.1, 0.15) is 31.9 Å². The summed E-state index contributed by atoms with van der Waals surface area (Å²) < 4.78 is 13.4. The normalized spacial score (nSPS) is 11.8. The monoisotopic (exact) mass is 483 g/mol. The van der Waals surface area contributed by atoms with Crippen LogP contribution in [0.3, 0.4) is 0 Å². The molecule has 34 heavy (non-hydrogen) atoms. The van der Waals surface area contributed by atoms with E-state index in [-0.39, 0.29) is 11.9 Å². The third kappa shape index (κ3) is 3.83. The third-order valence-electron chi connectivity index (χ3n) is 5.80.